The van der Waals surface area contributed by atoms with Gasteiger partial charge in [-0.05, 0) is 49.4 Å². The van der Waals surface area contributed by atoms with Crippen LogP contribution in [0.2, 0.25) is 10.0 Å². The minimum atomic E-state index is -0.993. The molecule has 3 aromatic rings. The van der Waals surface area contributed by atoms with Crippen molar-refractivity contribution in [2.75, 3.05) is 12.4 Å². The number of rotatable bonds is 7. The summed E-state index contributed by atoms with van der Waals surface area (Å²) in [6.45, 7) is 1.66. The number of carbonyl (C=O) groups is 2. The summed E-state index contributed by atoms with van der Waals surface area (Å²) in [5, 5.41) is 6.91. The summed E-state index contributed by atoms with van der Waals surface area (Å²) in [6, 6.07) is 15.8. The average molecular weight is 504 g/mol. The van der Waals surface area contributed by atoms with Crippen LogP contribution in [0.5, 0.6) is 11.5 Å². The highest BCUT2D eigenvalue weighted by Gasteiger charge is 2.16. The lowest BCUT2D eigenvalue weighted by Crippen LogP contribution is -2.33. The van der Waals surface area contributed by atoms with Gasteiger partial charge in [0.1, 0.15) is 12.4 Å². The fraction of sp³-hybridized carbons (Fsp3) is 0.125. The van der Waals surface area contributed by atoms with Gasteiger partial charge in [0.15, 0.2) is 11.5 Å². The highest BCUT2D eigenvalue weighted by Crippen LogP contribution is 2.29. The summed E-state index contributed by atoms with van der Waals surface area (Å²) in [5.41, 5.74) is 3.80. The fourth-order valence-electron chi connectivity index (χ4n) is 2.81. The summed E-state index contributed by atoms with van der Waals surface area (Å²) in [4.78, 5) is 24.2. The molecule has 2 N–H and O–H groups in total. The Balaban J connectivity index is 1.65. The molecule has 176 valence electrons. The van der Waals surface area contributed by atoms with E-state index in [2.05, 4.69) is 15.8 Å². The Hall–Kier alpha value is -3.62. The molecule has 0 fully saturated rings. The molecule has 10 heteroatoms. The highest BCUT2D eigenvalue weighted by atomic mass is 35.5. The van der Waals surface area contributed by atoms with E-state index < -0.39 is 11.8 Å². The van der Waals surface area contributed by atoms with Gasteiger partial charge >= 0.3 is 11.8 Å². The second kappa shape index (κ2) is 11.5. The fourth-order valence-corrected chi connectivity index (χ4v) is 3.14. The van der Waals surface area contributed by atoms with Crippen LogP contribution in [0.1, 0.15) is 18.1 Å². The van der Waals surface area contributed by atoms with E-state index in [0.29, 0.717) is 33.4 Å². The number of ether oxygens (including phenoxy) is 2. The van der Waals surface area contributed by atoms with Crippen molar-refractivity contribution in [3.8, 4) is 11.5 Å². The molecule has 0 aliphatic carbocycles. The third-order valence-corrected chi connectivity index (χ3v) is 5.20. The Morgan fingerprint density at radius 3 is 2.50 bits per heavy atom. The van der Waals surface area contributed by atoms with E-state index in [1.165, 1.54) is 25.3 Å². The van der Waals surface area contributed by atoms with E-state index >= 15 is 0 Å². The molecule has 3 rings (SSSR count). The number of amides is 2. The van der Waals surface area contributed by atoms with Crippen molar-refractivity contribution in [1.82, 2.24) is 5.43 Å². The Bertz CT molecular complexity index is 1250. The van der Waals surface area contributed by atoms with Gasteiger partial charge in [0.25, 0.3) is 0 Å². The van der Waals surface area contributed by atoms with E-state index in [9.17, 15) is 14.0 Å². The maximum atomic E-state index is 13.8. The summed E-state index contributed by atoms with van der Waals surface area (Å²) in [6.07, 6.45) is 0. The summed E-state index contributed by atoms with van der Waals surface area (Å²) < 4.78 is 24.9. The second-order valence-electron chi connectivity index (χ2n) is 6.96. The number of methoxy groups -OCH3 is 1. The Kier molecular flexibility index (Phi) is 8.45. The largest absolute Gasteiger partial charge is 0.493 e. The molecule has 0 saturated carbocycles. The van der Waals surface area contributed by atoms with E-state index in [0.717, 1.165) is 0 Å². The predicted octanol–water partition coefficient (Wildman–Crippen LogP) is 5.20. The molecule has 0 unspecified atom stereocenters. The molecule has 0 saturated heterocycles. The van der Waals surface area contributed by atoms with Crippen LogP contribution in [0.4, 0.5) is 10.1 Å². The molecule has 34 heavy (non-hydrogen) atoms. The SMILES string of the molecule is COc1cc(/C(C)=N/NC(=O)C(=O)Nc2cc(Cl)ccc2Cl)ccc1OCc1ccccc1F. The van der Waals surface area contributed by atoms with Crippen molar-refractivity contribution in [2.45, 2.75) is 13.5 Å². The summed E-state index contributed by atoms with van der Waals surface area (Å²) in [5.74, 6) is -1.52. The number of hydrogen-bond donors (Lipinski definition) is 2. The van der Waals surface area contributed by atoms with Crippen LogP contribution in [-0.4, -0.2) is 24.6 Å². The van der Waals surface area contributed by atoms with Crippen molar-refractivity contribution < 1.29 is 23.5 Å². The van der Waals surface area contributed by atoms with Gasteiger partial charge in [0.05, 0.1) is 23.5 Å². The molecular weight excluding hydrogens is 484 g/mol. The molecule has 0 bridgehead atoms. The van der Waals surface area contributed by atoms with Gasteiger partial charge in [-0.2, -0.15) is 5.10 Å². The third kappa shape index (κ3) is 6.46. The quantitative estimate of drug-likeness (QED) is 0.263. The number of nitrogens with zero attached hydrogens (tertiary/aromatic N) is 1. The molecule has 7 nitrogen and oxygen atoms in total. The normalized spacial score (nSPS) is 11.0. The maximum absolute atomic E-state index is 13.8. The van der Waals surface area contributed by atoms with Crippen LogP contribution in [0.15, 0.2) is 65.8 Å². The van der Waals surface area contributed by atoms with Gasteiger partial charge < -0.3 is 14.8 Å². The Morgan fingerprint density at radius 1 is 1.00 bits per heavy atom. The number of carbonyl (C=O) groups excluding carboxylic acids is 2. The number of benzene rings is 3. The molecule has 0 atom stereocenters. The first-order chi connectivity index (χ1) is 16.3. The monoisotopic (exact) mass is 503 g/mol. The van der Waals surface area contributed by atoms with Crippen LogP contribution in [0, 0.1) is 5.82 Å². The zero-order valence-electron chi connectivity index (χ0n) is 18.2. The van der Waals surface area contributed by atoms with Gasteiger partial charge in [0.2, 0.25) is 0 Å². The van der Waals surface area contributed by atoms with Gasteiger partial charge in [-0.1, -0.05) is 41.4 Å². The third-order valence-electron chi connectivity index (χ3n) is 4.63. The number of hydrogen-bond acceptors (Lipinski definition) is 5. The molecule has 3 aromatic carbocycles. The smallest absolute Gasteiger partial charge is 0.329 e. The number of halogens is 3. The molecule has 0 aliphatic rings. The van der Waals surface area contributed by atoms with Crippen molar-refractivity contribution in [1.29, 1.82) is 0 Å². The van der Waals surface area contributed by atoms with E-state index in [1.807, 2.05) is 0 Å². The number of anilines is 1. The number of nitrogens with one attached hydrogen (secondary N) is 2. The lowest BCUT2D eigenvalue weighted by Gasteiger charge is -2.13. The van der Waals surface area contributed by atoms with Crippen LogP contribution < -0.4 is 20.2 Å². The van der Waals surface area contributed by atoms with Gasteiger partial charge in [-0.3, -0.25) is 9.59 Å². The van der Waals surface area contributed by atoms with Crippen molar-refractivity contribution >= 4 is 46.4 Å². The molecular formula is C24H20Cl2FN3O4. The Labute approximate surface area is 205 Å². The average Bonchev–Trinajstić information content (AvgIpc) is 2.83. The molecule has 0 spiro atoms. The summed E-state index contributed by atoms with van der Waals surface area (Å²) >= 11 is 11.9. The minimum absolute atomic E-state index is 0.0251. The first-order valence-corrected chi connectivity index (χ1v) is 10.7. The first-order valence-electron chi connectivity index (χ1n) is 9.93. The van der Waals surface area contributed by atoms with Gasteiger partial charge in [0, 0.05) is 16.1 Å². The zero-order chi connectivity index (χ0) is 24.7. The first kappa shape index (κ1) is 25.0. The lowest BCUT2D eigenvalue weighted by molar-refractivity contribution is -0.136. The number of hydrazone groups is 1. The van der Waals surface area contributed by atoms with Crippen molar-refractivity contribution in [3.63, 3.8) is 0 Å². The molecule has 0 heterocycles. The van der Waals surface area contributed by atoms with Crippen molar-refractivity contribution in [2.24, 2.45) is 5.10 Å². The van der Waals surface area contributed by atoms with E-state index in [-0.39, 0.29) is 23.1 Å². The molecule has 0 aromatic heterocycles. The molecule has 2 amide bonds. The van der Waals surface area contributed by atoms with E-state index in [4.69, 9.17) is 32.7 Å². The van der Waals surface area contributed by atoms with Crippen LogP contribution in [0.25, 0.3) is 0 Å². The summed E-state index contributed by atoms with van der Waals surface area (Å²) in [7, 11) is 1.47. The molecule has 0 aliphatic heterocycles. The minimum Gasteiger partial charge on any atom is -0.493 e. The van der Waals surface area contributed by atoms with Crippen molar-refractivity contribution in [3.05, 3.63) is 87.7 Å². The highest BCUT2D eigenvalue weighted by molar-refractivity contribution is 6.42. The maximum Gasteiger partial charge on any atom is 0.329 e. The van der Waals surface area contributed by atoms with Crippen LogP contribution in [0.3, 0.4) is 0 Å². The second-order valence-corrected chi connectivity index (χ2v) is 7.81. The standard InChI is InChI=1S/C24H20Cl2FN3O4/c1-14(29-30-24(32)23(31)28-20-12-17(25)8-9-18(20)26)15-7-10-21(22(11-15)33-2)34-13-16-5-3-4-6-19(16)27/h3-12H,13H2,1-2H3,(H,28,31)(H,30,32)/b29-14+. The van der Waals surface area contributed by atoms with Gasteiger partial charge in [-0.25, -0.2) is 9.82 Å². The zero-order valence-corrected chi connectivity index (χ0v) is 19.7. The molecule has 0 radical (unpaired) electrons. The topological polar surface area (TPSA) is 89.0 Å². The van der Waals surface area contributed by atoms with Crippen LogP contribution in [-0.2, 0) is 16.2 Å². The predicted molar refractivity (Wildman–Crippen MR) is 129 cm³/mol. The lowest BCUT2D eigenvalue weighted by atomic mass is 10.1. The Morgan fingerprint density at radius 2 is 1.76 bits per heavy atom. The van der Waals surface area contributed by atoms with E-state index in [1.54, 1.807) is 49.4 Å². The van der Waals surface area contributed by atoms with Crippen LogP contribution >= 0.6 is 23.2 Å². The van der Waals surface area contributed by atoms with Gasteiger partial charge in [-0.15, -0.1) is 0 Å².